The highest BCUT2D eigenvalue weighted by Gasteiger charge is 2.27. The van der Waals surface area contributed by atoms with E-state index in [9.17, 15) is 13.2 Å². The molecule has 0 bridgehead atoms. The Balaban J connectivity index is 1.61. The van der Waals surface area contributed by atoms with Gasteiger partial charge in [0, 0.05) is 24.0 Å². The van der Waals surface area contributed by atoms with Crippen molar-refractivity contribution in [2.24, 2.45) is 5.92 Å². The summed E-state index contributed by atoms with van der Waals surface area (Å²) in [4.78, 5) is 12.1. The maximum atomic E-state index is 12.1. The molecule has 1 aliphatic heterocycles. The van der Waals surface area contributed by atoms with E-state index >= 15 is 0 Å². The normalized spacial score (nSPS) is 19.6. The molecule has 0 saturated carbocycles. The van der Waals surface area contributed by atoms with Gasteiger partial charge in [0.25, 0.3) is 5.91 Å². The second-order valence-electron chi connectivity index (χ2n) is 5.91. The number of carbonyl (C=O) groups excluding carboxylic acids is 1. The second kappa shape index (κ2) is 6.16. The molecular weight excluding hydrogens is 314 g/mol. The lowest BCUT2D eigenvalue weighted by Gasteiger charge is -2.10. The summed E-state index contributed by atoms with van der Waals surface area (Å²) in [6.07, 6.45) is 2.35. The number of rotatable bonds is 4. The molecule has 0 unspecified atom stereocenters. The molecule has 3 rings (SSSR count). The van der Waals surface area contributed by atoms with Gasteiger partial charge in [-0.05, 0) is 49.6 Å². The first-order chi connectivity index (χ1) is 10.9. The monoisotopic (exact) mass is 333 g/mol. The Morgan fingerprint density at radius 3 is 2.61 bits per heavy atom. The number of sulfone groups is 1. The molecule has 1 N–H and O–H groups in total. The zero-order valence-electron chi connectivity index (χ0n) is 12.9. The van der Waals surface area contributed by atoms with E-state index in [1.807, 2.05) is 25.1 Å². The van der Waals surface area contributed by atoms with Gasteiger partial charge in [0.15, 0.2) is 9.84 Å². The van der Waals surface area contributed by atoms with E-state index in [1.54, 1.807) is 23.0 Å². The number of aryl methyl sites for hydroxylation is 1. The van der Waals surface area contributed by atoms with Crippen LogP contribution in [0.3, 0.4) is 0 Å². The van der Waals surface area contributed by atoms with Crippen LogP contribution in [0, 0.1) is 12.8 Å². The molecule has 2 aromatic rings. The Morgan fingerprint density at radius 1 is 1.30 bits per heavy atom. The highest BCUT2D eigenvalue weighted by Crippen LogP contribution is 2.17. The van der Waals surface area contributed by atoms with E-state index in [4.69, 9.17) is 0 Å². The summed E-state index contributed by atoms with van der Waals surface area (Å²) in [5.74, 6) is 0.240. The Morgan fingerprint density at radius 2 is 2.04 bits per heavy atom. The van der Waals surface area contributed by atoms with E-state index in [0.29, 0.717) is 18.5 Å². The molecule has 1 amide bonds. The van der Waals surface area contributed by atoms with Crippen LogP contribution in [-0.2, 0) is 9.84 Å². The average molecular weight is 333 g/mol. The standard InChI is InChI=1S/C16H19N3O3S/c1-12-6-8-18-19(12)15-4-2-14(3-5-15)16(20)17-10-13-7-9-23(21,22)11-13/h2-6,8,13H,7,9-11H2,1H3,(H,17,20)/t13-/m1/s1. The van der Waals surface area contributed by atoms with Crippen molar-refractivity contribution in [3.8, 4) is 5.69 Å². The van der Waals surface area contributed by atoms with Crippen molar-refractivity contribution in [3.05, 3.63) is 47.8 Å². The zero-order chi connectivity index (χ0) is 16.4. The van der Waals surface area contributed by atoms with Gasteiger partial charge in [-0.2, -0.15) is 5.10 Å². The average Bonchev–Trinajstić information content (AvgIpc) is 3.10. The van der Waals surface area contributed by atoms with Gasteiger partial charge in [0.05, 0.1) is 17.2 Å². The van der Waals surface area contributed by atoms with Crippen molar-refractivity contribution < 1.29 is 13.2 Å². The Hall–Kier alpha value is -2.15. The number of carbonyl (C=O) groups is 1. The predicted octanol–water partition coefficient (Wildman–Crippen LogP) is 1.35. The number of benzene rings is 1. The molecule has 2 heterocycles. The summed E-state index contributed by atoms with van der Waals surface area (Å²) in [7, 11) is -2.90. The summed E-state index contributed by atoms with van der Waals surface area (Å²) >= 11 is 0. The number of aromatic nitrogens is 2. The number of nitrogens with one attached hydrogen (secondary N) is 1. The molecule has 6 nitrogen and oxygen atoms in total. The lowest BCUT2D eigenvalue weighted by molar-refractivity contribution is 0.0948. The van der Waals surface area contributed by atoms with Crippen LogP contribution in [0.25, 0.3) is 5.69 Å². The Bertz CT molecular complexity index is 809. The van der Waals surface area contributed by atoms with Gasteiger partial charge < -0.3 is 5.32 Å². The minimum Gasteiger partial charge on any atom is -0.352 e. The fourth-order valence-corrected chi connectivity index (χ4v) is 4.63. The van der Waals surface area contributed by atoms with Gasteiger partial charge >= 0.3 is 0 Å². The van der Waals surface area contributed by atoms with E-state index in [1.165, 1.54) is 0 Å². The van der Waals surface area contributed by atoms with Crippen molar-refractivity contribution in [1.29, 1.82) is 0 Å². The first-order valence-electron chi connectivity index (χ1n) is 7.54. The third-order valence-corrected chi connectivity index (χ3v) is 5.92. The minimum absolute atomic E-state index is 0.0231. The Kier molecular flexibility index (Phi) is 4.21. The zero-order valence-corrected chi connectivity index (χ0v) is 13.7. The minimum atomic E-state index is -2.90. The third-order valence-electron chi connectivity index (χ3n) is 4.08. The second-order valence-corrected chi connectivity index (χ2v) is 8.14. The smallest absolute Gasteiger partial charge is 0.251 e. The summed E-state index contributed by atoms with van der Waals surface area (Å²) in [6, 6.07) is 9.09. The van der Waals surface area contributed by atoms with Crippen molar-refractivity contribution in [1.82, 2.24) is 15.1 Å². The molecule has 1 fully saturated rings. The quantitative estimate of drug-likeness (QED) is 0.916. The van der Waals surface area contributed by atoms with E-state index in [-0.39, 0.29) is 23.3 Å². The molecule has 0 aliphatic carbocycles. The number of hydrogen-bond donors (Lipinski definition) is 1. The van der Waals surface area contributed by atoms with Crippen LogP contribution in [0.1, 0.15) is 22.5 Å². The molecular formula is C16H19N3O3S. The molecule has 7 heteroatoms. The van der Waals surface area contributed by atoms with Gasteiger partial charge in [0.1, 0.15) is 0 Å². The maximum absolute atomic E-state index is 12.1. The van der Waals surface area contributed by atoms with Crippen LogP contribution in [0.15, 0.2) is 36.5 Å². The predicted molar refractivity (Wildman–Crippen MR) is 87.4 cm³/mol. The number of hydrogen-bond acceptors (Lipinski definition) is 4. The summed E-state index contributed by atoms with van der Waals surface area (Å²) in [6.45, 7) is 2.36. The Labute approximate surface area is 135 Å². The van der Waals surface area contributed by atoms with Crippen molar-refractivity contribution in [2.45, 2.75) is 13.3 Å². The molecule has 1 atom stereocenters. The summed E-state index contributed by atoms with van der Waals surface area (Å²) < 4.78 is 24.6. The number of nitrogens with zero attached hydrogens (tertiary/aromatic N) is 2. The van der Waals surface area contributed by atoms with Crippen molar-refractivity contribution in [3.63, 3.8) is 0 Å². The molecule has 0 spiro atoms. The molecule has 1 aromatic heterocycles. The molecule has 1 aliphatic rings. The van der Waals surface area contributed by atoms with Crippen LogP contribution in [0.4, 0.5) is 0 Å². The number of amides is 1. The first kappa shape index (κ1) is 15.7. The van der Waals surface area contributed by atoms with E-state index in [0.717, 1.165) is 11.4 Å². The topological polar surface area (TPSA) is 81.1 Å². The highest BCUT2D eigenvalue weighted by molar-refractivity contribution is 7.91. The maximum Gasteiger partial charge on any atom is 0.251 e. The first-order valence-corrected chi connectivity index (χ1v) is 9.36. The van der Waals surface area contributed by atoms with Gasteiger partial charge in [-0.3, -0.25) is 4.79 Å². The van der Waals surface area contributed by atoms with Gasteiger partial charge in [0.2, 0.25) is 0 Å². The van der Waals surface area contributed by atoms with Crippen LogP contribution in [0.2, 0.25) is 0 Å². The van der Waals surface area contributed by atoms with Crippen molar-refractivity contribution in [2.75, 3.05) is 18.1 Å². The SMILES string of the molecule is Cc1ccnn1-c1ccc(C(=O)NC[C@H]2CCS(=O)(=O)C2)cc1. The molecule has 122 valence electrons. The largest absolute Gasteiger partial charge is 0.352 e. The fourth-order valence-electron chi connectivity index (χ4n) is 2.77. The lowest BCUT2D eigenvalue weighted by Crippen LogP contribution is -2.29. The lowest BCUT2D eigenvalue weighted by atomic mass is 10.1. The van der Waals surface area contributed by atoms with E-state index < -0.39 is 9.84 Å². The van der Waals surface area contributed by atoms with Gasteiger partial charge in [-0.1, -0.05) is 0 Å². The molecule has 23 heavy (non-hydrogen) atoms. The van der Waals surface area contributed by atoms with Crippen LogP contribution >= 0.6 is 0 Å². The third kappa shape index (κ3) is 3.61. The molecule has 1 aromatic carbocycles. The van der Waals surface area contributed by atoms with Gasteiger partial charge in [-0.25, -0.2) is 13.1 Å². The summed E-state index contributed by atoms with van der Waals surface area (Å²) in [5, 5.41) is 7.04. The van der Waals surface area contributed by atoms with Crippen LogP contribution in [-0.4, -0.2) is 42.2 Å². The summed E-state index contributed by atoms with van der Waals surface area (Å²) in [5.41, 5.74) is 2.47. The van der Waals surface area contributed by atoms with Crippen LogP contribution < -0.4 is 5.32 Å². The van der Waals surface area contributed by atoms with E-state index in [2.05, 4.69) is 10.4 Å². The fraction of sp³-hybridized carbons (Fsp3) is 0.375. The molecule has 0 radical (unpaired) electrons. The van der Waals surface area contributed by atoms with Gasteiger partial charge in [-0.15, -0.1) is 0 Å². The van der Waals surface area contributed by atoms with Crippen LogP contribution in [0.5, 0.6) is 0 Å². The van der Waals surface area contributed by atoms with Crippen molar-refractivity contribution >= 4 is 15.7 Å². The highest BCUT2D eigenvalue weighted by atomic mass is 32.2. The molecule has 1 saturated heterocycles.